The van der Waals surface area contributed by atoms with Gasteiger partial charge < -0.3 is 9.67 Å². The van der Waals surface area contributed by atoms with Crippen LogP contribution in [0.2, 0.25) is 0 Å². The van der Waals surface area contributed by atoms with Crippen LogP contribution in [0.4, 0.5) is 0 Å². The third-order valence-corrected chi connectivity index (χ3v) is 3.22. The minimum Gasteiger partial charge on any atom is -0.395 e. The van der Waals surface area contributed by atoms with Crippen LogP contribution in [-0.2, 0) is 6.54 Å². The molecule has 2 aromatic carbocycles. The Morgan fingerprint density at radius 2 is 1.72 bits per heavy atom. The van der Waals surface area contributed by atoms with Gasteiger partial charge in [0.05, 0.1) is 6.61 Å². The number of rotatable bonds is 3. The quantitative estimate of drug-likeness (QED) is 0.743. The molecular formula is C16H15NO. The summed E-state index contributed by atoms with van der Waals surface area (Å²) in [6.45, 7) is 0.818. The maximum absolute atomic E-state index is 9.01. The molecule has 0 bridgehead atoms. The van der Waals surface area contributed by atoms with Crippen LogP contribution in [0.25, 0.3) is 22.0 Å². The summed E-state index contributed by atoms with van der Waals surface area (Å²) in [7, 11) is 0. The van der Waals surface area contributed by atoms with E-state index < -0.39 is 0 Å². The molecule has 0 amide bonds. The van der Waals surface area contributed by atoms with Crippen LogP contribution in [0.1, 0.15) is 0 Å². The van der Waals surface area contributed by atoms with Crippen LogP contribution < -0.4 is 0 Å². The fourth-order valence-electron chi connectivity index (χ4n) is 2.31. The molecule has 0 saturated heterocycles. The van der Waals surface area contributed by atoms with Gasteiger partial charge in [-0.3, -0.25) is 0 Å². The number of hydrogen-bond donors (Lipinski definition) is 1. The van der Waals surface area contributed by atoms with Gasteiger partial charge in [-0.2, -0.15) is 0 Å². The topological polar surface area (TPSA) is 25.2 Å². The number of aromatic nitrogens is 1. The van der Waals surface area contributed by atoms with E-state index in [0.29, 0.717) is 6.54 Å². The molecule has 0 fully saturated rings. The fraction of sp³-hybridized carbons (Fsp3) is 0.125. The Balaban J connectivity index is 2.07. The van der Waals surface area contributed by atoms with Gasteiger partial charge in [-0.25, -0.2) is 0 Å². The second-order valence-corrected chi connectivity index (χ2v) is 4.37. The summed E-state index contributed by atoms with van der Waals surface area (Å²) in [4.78, 5) is 0. The second kappa shape index (κ2) is 4.67. The lowest BCUT2D eigenvalue weighted by Crippen LogP contribution is -1.99. The van der Waals surface area contributed by atoms with Crippen molar-refractivity contribution < 1.29 is 5.11 Å². The molecule has 0 unspecified atom stereocenters. The van der Waals surface area contributed by atoms with Gasteiger partial charge in [-0.05, 0) is 29.3 Å². The summed E-state index contributed by atoms with van der Waals surface area (Å²) in [5.41, 5.74) is 3.63. The van der Waals surface area contributed by atoms with Gasteiger partial charge in [0, 0.05) is 23.6 Å². The highest BCUT2D eigenvalue weighted by atomic mass is 16.3. The summed E-state index contributed by atoms with van der Waals surface area (Å²) in [6.07, 6.45) is 2.02. The van der Waals surface area contributed by atoms with Crippen LogP contribution >= 0.6 is 0 Å². The first-order valence-corrected chi connectivity index (χ1v) is 6.13. The Labute approximate surface area is 106 Å². The molecule has 0 saturated carbocycles. The van der Waals surface area contributed by atoms with Gasteiger partial charge in [0.2, 0.25) is 0 Å². The zero-order chi connectivity index (χ0) is 12.4. The van der Waals surface area contributed by atoms with Crippen molar-refractivity contribution in [1.82, 2.24) is 4.57 Å². The van der Waals surface area contributed by atoms with Crippen LogP contribution in [0, 0.1) is 0 Å². The molecule has 2 nitrogen and oxygen atoms in total. The lowest BCUT2D eigenvalue weighted by atomic mass is 10.0. The molecule has 1 heterocycles. The van der Waals surface area contributed by atoms with Crippen molar-refractivity contribution in [2.24, 2.45) is 0 Å². The minimum atomic E-state index is 0.171. The Morgan fingerprint density at radius 1 is 0.889 bits per heavy atom. The lowest BCUT2D eigenvalue weighted by Gasteiger charge is -2.05. The highest BCUT2D eigenvalue weighted by Gasteiger charge is 2.03. The molecule has 0 aliphatic rings. The average molecular weight is 237 g/mol. The molecule has 0 spiro atoms. The molecule has 2 heteroatoms. The molecule has 0 aliphatic heterocycles. The Morgan fingerprint density at radius 3 is 2.50 bits per heavy atom. The first-order valence-electron chi connectivity index (χ1n) is 6.13. The molecule has 18 heavy (non-hydrogen) atoms. The summed E-state index contributed by atoms with van der Waals surface area (Å²) in [5.74, 6) is 0. The van der Waals surface area contributed by atoms with Crippen molar-refractivity contribution in [3.63, 3.8) is 0 Å². The normalized spacial score (nSPS) is 10.9. The summed E-state index contributed by atoms with van der Waals surface area (Å²) < 4.78 is 2.07. The molecule has 90 valence electrons. The van der Waals surface area contributed by atoms with Crippen molar-refractivity contribution in [2.75, 3.05) is 6.61 Å². The molecule has 3 aromatic rings. The van der Waals surface area contributed by atoms with Crippen LogP contribution in [0.5, 0.6) is 0 Å². The number of fused-ring (bicyclic) bond motifs is 1. The summed E-state index contributed by atoms with van der Waals surface area (Å²) in [6, 6.07) is 18.9. The molecule has 0 aliphatic carbocycles. The predicted molar refractivity (Wildman–Crippen MR) is 74.5 cm³/mol. The smallest absolute Gasteiger partial charge is 0.0610 e. The molecular weight excluding hydrogens is 222 g/mol. The predicted octanol–water partition coefficient (Wildman–Crippen LogP) is 3.30. The van der Waals surface area contributed by atoms with Crippen molar-refractivity contribution in [3.8, 4) is 11.1 Å². The zero-order valence-corrected chi connectivity index (χ0v) is 10.1. The second-order valence-electron chi connectivity index (χ2n) is 4.37. The largest absolute Gasteiger partial charge is 0.395 e. The maximum atomic E-state index is 9.01. The standard InChI is InChI=1S/C16H15NO/c18-11-10-17-9-8-15-12-14(6-7-16(15)17)13-4-2-1-3-5-13/h1-9,12,18H,10-11H2. The first-order chi connectivity index (χ1) is 8.88. The van der Waals surface area contributed by atoms with E-state index >= 15 is 0 Å². The number of aliphatic hydroxyl groups is 1. The van der Waals surface area contributed by atoms with Crippen molar-refractivity contribution >= 4 is 10.9 Å². The van der Waals surface area contributed by atoms with E-state index in [9.17, 15) is 0 Å². The zero-order valence-electron chi connectivity index (χ0n) is 10.1. The molecule has 1 N–H and O–H groups in total. The number of hydrogen-bond acceptors (Lipinski definition) is 1. The molecule has 0 radical (unpaired) electrons. The fourth-order valence-corrected chi connectivity index (χ4v) is 2.31. The van der Waals surface area contributed by atoms with Gasteiger partial charge in [0.1, 0.15) is 0 Å². The van der Waals surface area contributed by atoms with Crippen molar-refractivity contribution in [1.29, 1.82) is 0 Å². The molecule has 1 aromatic heterocycles. The van der Waals surface area contributed by atoms with E-state index in [1.807, 2.05) is 12.3 Å². The molecule has 0 atom stereocenters. The van der Waals surface area contributed by atoms with Crippen LogP contribution in [-0.4, -0.2) is 16.3 Å². The number of nitrogens with zero attached hydrogens (tertiary/aromatic N) is 1. The lowest BCUT2D eigenvalue weighted by molar-refractivity contribution is 0.278. The average Bonchev–Trinajstić information content (AvgIpc) is 2.83. The van der Waals surface area contributed by atoms with Gasteiger partial charge >= 0.3 is 0 Å². The summed E-state index contributed by atoms with van der Waals surface area (Å²) >= 11 is 0. The van der Waals surface area contributed by atoms with E-state index in [0.717, 1.165) is 0 Å². The monoisotopic (exact) mass is 237 g/mol. The first kappa shape index (κ1) is 11.1. The van der Waals surface area contributed by atoms with Gasteiger partial charge in [-0.1, -0.05) is 36.4 Å². The number of benzene rings is 2. The van der Waals surface area contributed by atoms with Crippen LogP contribution in [0.15, 0.2) is 60.8 Å². The third kappa shape index (κ3) is 1.91. The van der Waals surface area contributed by atoms with E-state index in [1.54, 1.807) is 0 Å². The van der Waals surface area contributed by atoms with E-state index in [-0.39, 0.29) is 6.61 Å². The Kier molecular flexibility index (Phi) is 2.87. The van der Waals surface area contributed by atoms with Gasteiger partial charge in [0.15, 0.2) is 0 Å². The van der Waals surface area contributed by atoms with Gasteiger partial charge in [-0.15, -0.1) is 0 Å². The highest BCUT2D eigenvalue weighted by molar-refractivity contribution is 5.85. The van der Waals surface area contributed by atoms with Crippen molar-refractivity contribution in [2.45, 2.75) is 6.54 Å². The third-order valence-electron chi connectivity index (χ3n) is 3.22. The van der Waals surface area contributed by atoms with E-state index in [2.05, 4.69) is 53.1 Å². The number of aliphatic hydroxyl groups excluding tert-OH is 1. The Hall–Kier alpha value is -2.06. The van der Waals surface area contributed by atoms with E-state index in [4.69, 9.17) is 5.11 Å². The van der Waals surface area contributed by atoms with Crippen molar-refractivity contribution in [3.05, 3.63) is 60.8 Å². The maximum Gasteiger partial charge on any atom is 0.0610 e. The minimum absolute atomic E-state index is 0.171. The Bertz CT molecular complexity index is 655. The van der Waals surface area contributed by atoms with E-state index in [1.165, 1.54) is 22.0 Å². The SMILES string of the molecule is OCCn1ccc2cc(-c3ccccc3)ccc21. The summed E-state index contributed by atoms with van der Waals surface area (Å²) in [5, 5.41) is 10.2. The van der Waals surface area contributed by atoms with Crippen LogP contribution in [0.3, 0.4) is 0 Å². The highest BCUT2D eigenvalue weighted by Crippen LogP contribution is 2.24. The molecule has 3 rings (SSSR count). The van der Waals surface area contributed by atoms with Gasteiger partial charge in [0.25, 0.3) is 0 Å².